The van der Waals surface area contributed by atoms with Gasteiger partial charge in [0.05, 0.1) is 0 Å². The lowest BCUT2D eigenvalue weighted by atomic mass is 9.84. The van der Waals surface area contributed by atoms with Gasteiger partial charge in [-0.05, 0) is 53.4 Å². The Morgan fingerprint density at radius 2 is 1.57 bits per heavy atom. The molecule has 0 saturated heterocycles. The van der Waals surface area contributed by atoms with Crippen molar-refractivity contribution in [3.05, 3.63) is 59.7 Å². The second-order valence-electron chi connectivity index (χ2n) is 8.17. The molecule has 5 rings (SSSR count). The van der Waals surface area contributed by atoms with E-state index in [-0.39, 0.29) is 30.4 Å². The SMILES string of the molecule is O=C(N[C@@H]1[C@H]2CC[C@H](C2)[C@H]1C(=O)[O-])OCC1c2ccccc2-c2ccccc21. The van der Waals surface area contributed by atoms with Gasteiger partial charge in [-0.1, -0.05) is 48.5 Å². The van der Waals surface area contributed by atoms with Crippen molar-refractivity contribution in [3.63, 3.8) is 0 Å². The first-order chi connectivity index (χ1) is 13.6. The minimum atomic E-state index is -1.06. The molecule has 0 aromatic heterocycles. The van der Waals surface area contributed by atoms with Gasteiger partial charge in [-0.15, -0.1) is 0 Å². The summed E-state index contributed by atoms with van der Waals surface area (Å²) in [6, 6.07) is 16.0. The van der Waals surface area contributed by atoms with Crippen LogP contribution in [0.3, 0.4) is 0 Å². The van der Waals surface area contributed by atoms with Gasteiger partial charge in [0.1, 0.15) is 6.61 Å². The molecule has 3 aliphatic carbocycles. The number of carbonyl (C=O) groups excluding carboxylic acids is 2. The highest BCUT2D eigenvalue weighted by molar-refractivity contribution is 5.79. The number of carbonyl (C=O) groups is 2. The van der Waals surface area contributed by atoms with Crippen LogP contribution in [-0.4, -0.2) is 24.7 Å². The smallest absolute Gasteiger partial charge is 0.407 e. The summed E-state index contributed by atoms with van der Waals surface area (Å²) in [5.74, 6) is -1.33. The second kappa shape index (κ2) is 6.66. The third-order valence-corrected chi connectivity index (χ3v) is 6.82. The van der Waals surface area contributed by atoms with Crippen molar-refractivity contribution in [3.8, 4) is 11.1 Å². The summed E-state index contributed by atoms with van der Waals surface area (Å²) in [7, 11) is 0. The number of hydrogen-bond acceptors (Lipinski definition) is 4. The molecule has 0 spiro atoms. The largest absolute Gasteiger partial charge is 0.550 e. The summed E-state index contributed by atoms with van der Waals surface area (Å²) < 4.78 is 5.57. The van der Waals surface area contributed by atoms with Crippen molar-refractivity contribution in [2.45, 2.75) is 31.2 Å². The maximum atomic E-state index is 12.5. The van der Waals surface area contributed by atoms with Crippen LogP contribution in [0.25, 0.3) is 11.1 Å². The number of alkyl carbamates (subject to hydrolysis) is 1. The summed E-state index contributed by atoms with van der Waals surface area (Å²) in [5, 5.41) is 14.4. The molecule has 2 aromatic rings. The molecule has 5 nitrogen and oxygen atoms in total. The van der Waals surface area contributed by atoms with Gasteiger partial charge in [0.15, 0.2) is 0 Å². The summed E-state index contributed by atoms with van der Waals surface area (Å²) in [4.78, 5) is 24.0. The van der Waals surface area contributed by atoms with E-state index in [9.17, 15) is 14.7 Å². The van der Waals surface area contributed by atoms with Crippen molar-refractivity contribution < 1.29 is 19.4 Å². The van der Waals surface area contributed by atoms with E-state index >= 15 is 0 Å². The Kier molecular flexibility index (Phi) is 4.11. The lowest BCUT2D eigenvalue weighted by molar-refractivity contribution is -0.313. The van der Waals surface area contributed by atoms with Crippen LogP contribution in [-0.2, 0) is 9.53 Å². The molecular formula is C23H22NO4-. The van der Waals surface area contributed by atoms with Crippen LogP contribution in [0.2, 0.25) is 0 Å². The molecule has 144 valence electrons. The minimum Gasteiger partial charge on any atom is -0.550 e. The number of fused-ring (bicyclic) bond motifs is 5. The van der Waals surface area contributed by atoms with E-state index < -0.39 is 18.0 Å². The summed E-state index contributed by atoms with van der Waals surface area (Å²) in [6.07, 6.45) is 2.19. The Bertz CT molecular complexity index is 894. The molecule has 5 heteroatoms. The van der Waals surface area contributed by atoms with Crippen LogP contribution >= 0.6 is 0 Å². The molecule has 28 heavy (non-hydrogen) atoms. The molecule has 0 unspecified atom stereocenters. The van der Waals surface area contributed by atoms with E-state index in [2.05, 4.69) is 29.6 Å². The number of ether oxygens (including phenoxy) is 1. The first kappa shape index (κ1) is 17.3. The van der Waals surface area contributed by atoms with E-state index in [0.717, 1.165) is 30.4 Å². The first-order valence-corrected chi connectivity index (χ1v) is 9.96. The summed E-state index contributed by atoms with van der Waals surface area (Å²) >= 11 is 0. The van der Waals surface area contributed by atoms with Crippen LogP contribution < -0.4 is 10.4 Å². The summed E-state index contributed by atoms with van der Waals surface area (Å²) in [6.45, 7) is 0.233. The average molecular weight is 376 g/mol. The number of carboxylic acids is 1. The van der Waals surface area contributed by atoms with Crippen molar-refractivity contribution in [2.24, 2.45) is 17.8 Å². The molecule has 0 radical (unpaired) electrons. The van der Waals surface area contributed by atoms with Gasteiger partial charge in [-0.2, -0.15) is 0 Å². The van der Waals surface area contributed by atoms with Crippen LogP contribution in [0.4, 0.5) is 4.79 Å². The highest BCUT2D eigenvalue weighted by Crippen LogP contribution is 2.48. The zero-order chi connectivity index (χ0) is 19.3. The highest BCUT2D eigenvalue weighted by Gasteiger charge is 2.49. The Labute approximate surface area is 163 Å². The van der Waals surface area contributed by atoms with E-state index in [1.54, 1.807) is 0 Å². The molecule has 1 amide bonds. The molecule has 2 aromatic carbocycles. The maximum Gasteiger partial charge on any atom is 0.407 e. The summed E-state index contributed by atoms with van der Waals surface area (Å²) in [5.41, 5.74) is 4.67. The predicted molar refractivity (Wildman–Crippen MR) is 101 cm³/mol. The minimum absolute atomic E-state index is 0.00452. The van der Waals surface area contributed by atoms with E-state index in [1.807, 2.05) is 24.3 Å². The molecule has 1 N–H and O–H groups in total. The van der Waals surface area contributed by atoms with Crippen LogP contribution in [0.5, 0.6) is 0 Å². The molecule has 3 aliphatic rings. The first-order valence-electron chi connectivity index (χ1n) is 9.96. The zero-order valence-corrected chi connectivity index (χ0v) is 15.5. The number of carboxylic acid groups (broad SMARTS) is 1. The quantitative estimate of drug-likeness (QED) is 0.890. The number of benzene rings is 2. The van der Waals surface area contributed by atoms with Gasteiger partial charge in [0.2, 0.25) is 0 Å². The molecule has 0 heterocycles. The van der Waals surface area contributed by atoms with Gasteiger partial charge in [-0.3, -0.25) is 0 Å². The van der Waals surface area contributed by atoms with Gasteiger partial charge in [-0.25, -0.2) is 4.79 Å². The lowest BCUT2D eigenvalue weighted by Crippen LogP contribution is -2.50. The molecule has 0 aliphatic heterocycles. The van der Waals surface area contributed by atoms with E-state index in [4.69, 9.17) is 4.74 Å². The Morgan fingerprint density at radius 1 is 0.964 bits per heavy atom. The fourth-order valence-corrected chi connectivity index (χ4v) is 5.61. The third kappa shape index (κ3) is 2.68. The molecule has 2 saturated carbocycles. The van der Waals surface area contributed by atoms with E-state index in [1.165, 1.54) is 11.1 Å². The normalized spacial score (nSPS) is 27.3. The number of aliphatic carboxylic acids is 1. The number of rotatable bonds is 4. The lowest BCUT2D eigenvalue weighted by Gasteiger charge is -2.32. The fourth-order valence-electron chi connectivity index (χ4n) is 5.61. The molecular weight excluding hydrogens is 354 g/mol. The Morgan fingerprint density at radius 3 is 2.21 bits per heavy atom. The molecule has 4 atom stereocenters. The van der Waals surface area contributed by atoms with Gasteiger partial charge in [0, 0.05) is 23.8 Å². The maximum absolute atomic E-state index is 12.5. The second-order valence-corrected chi connectivity index (χ2v) is 8.17. The van der Waals surface area contributed by atoms with E-state index in [0.29, 0.717) is 0 Å². The van der Waals surface area contributed by atoms with Crippen molar-refractivity contribution in [2.75, 3.05) is 6.61 Å². The van der Waals surface area contributed by atoms with Crippen LogP contribution in [0.1, 0.15) is 36.3 Å². The van der Waals surface area contributed by atoms with Crippen LogP contribution in [0.15, 0.2) is 48.5 Å². The molecule has 2 bridgehead atoms. The third-order valence-electron chi connectivity index (χ3n) is 6.82. The highest BCUT2D eigenvalue weighted by atomic mass is 16.5. The van der Waals surface area contributed by atoms with Crippen molar-refractivity contribution >= 4 is 12.1 Å². The molecule has 2 fully saturated rings. The van der Waals surface area contributed by atoms with Crippen molar-refractivity contribution in [1.82, 2.24) is 5.32 Å². The number of nitrogens with one attached hydrogen (secondary N) is 1. The monoisotopic (exact) mass is 376 g/mol. The van der Waals surface area contributed by atoms with Gasteiger partial charge in [0.25, 0.3) is 0 Å². The van der Waals surface area contributed by atoms with Gasteiger partial charge < -0.3 is 20.0 Å². The Balaban J connectivity index is 1.29. The zero-order valence-electron chi connectivity index (χ0n) is 15.5. The average Bonchev–Trinajstić information content (AvgIpc) is 3.38. The topological polar surface area (TPSA) is 78.5 Å². The standard InChI is InChI=1S/C23H23NO4/c25-22(26)20-13-9-10-14(11-13)21(20)24-23(27)28-12-19-17-7-3-1-5-15(17)16-6-2-4-8-18(16)19/h1-8,13-14,19-21H,9-12H2,(H,24,27)(H,25,26)/p-1/t13-,14+,20-,21-/m1/s1. The fraction of sp³-hybridized carbons (Fsp3) is 0.391. The predicted octanol–water partition coefficient (Wildman–Crippen LogP) is 2.69. The number of amides is 1. The Hall–Kier alpha value is -2.82. The van der Waals surface area contributed by atoms with Crippen LogP contribution in [0, 0.1) is 17.8 Å². The van der Waals surface area contributed by atoms with Crippen molar-refractivity contribution in [1.29, 1.82) is 0 Å². The van der Waals surface area contributed by atoms with Gasteiger partial charge >= 0.3 is 6.09 Å². The number of hydrogen-bond donors (Lipinski definition) is 1.